The second-order valence-electron chi connectivity index (χ2n) is 7.26. The number of fused-ring (bicyclic) bond motifs is 1. The Morgan fingerprint density at radius 2 is 2.20 bits per heavy atom. The highest BCUT2D eigenvalue weighted by Gasteiger charge is 2.34. The molecule has 25 heavy (non-hydrogen) atoms. The number of ether oxygens (including phenoxy) is 2. The summed E-state index contributed by atoms with van der Waals surface area (Å²) in [6.07, 6.45) is -0.119. The summed E-state index contributed by atoms with van der Waals surface area (Å²) in [6, 6.07) is 7.99. The summed E-state index contributed by atoms with van der Waals surface area (Å²) in [7, 11) is 3.43. The Hall–Kier alpha value is -2.12. The van der Waals surface area contributed by atoms with E-state index >= 15 is 0 Å². The summed E-state index contributed by atoms with van der Waals surface area (Å²) < 4.78 is 11.7. The molecule has 0 saturated carbocycles. The number of morpholine rings is 1. The summed E-state index contributed by atoms with van der Waals surface area (Å²) in [6.45, 7) is 5.95. The van der Waals surface area contributed by atoms with E-state index in [9.17, 15) is 4.79 Å². The van der Waals surface area contributed by atoms with Crippen molar-refractivity contribution in [1.82, 2.24) is 14.9 Å². The molecule has 1 N–H and O–H groups in total. The van der Waals surface area contributed by atoms with Crippen LogP contribution < -0.4 is 4.90 Å². The number of H-pyrrole nitrogens is 1. The van der Waals surface area contributed by atoms with Gasteiger partial charge in [-0.15, -0.1) is 0 Å². The van der Waals surface area contributed by atoms with Crippen molar-refractivity contribution in [2.24, 2.45) is 0 Å². The summed E-state index contributed by atoms with van der Waals surface area (Å²) in [5.41, 5.74) is 1.65. The second-order valence-corrected chi connectivity index (χ2v) is 7.26. The van der Waals surface area contributed by atoms with Gasteiger partial charge >= 0.3 is 0 Å². The van der Waals surface area contributed by atoms with Gasteiger partial charge in [-0.2, -0.15) is 0 Å². The lowest BCUT2D eigenvalue weighted by Gasteiger charge is -2.42. The Morgan fingerprint density at radius 1 is 1.44 bits per heavy atom. The predicted molar refractivity (Wildman–Crippen MR) is 96.8 cm³/mol. The molecule has 0 radical (unpaired) electrons. The van der Waals surface area contributed by atoms with Crippen molar-refractivity contribution in [3.05, 3.63) is 24.3 Å². The van der Waals surface area contributed by atoms with E-state index in [0.29, 0.717) is 13.2 Å². The number of amides is 1. The van der Waals surface area contributed by atoms with Crippen molar-refractivity contribution in [2.75, 3.05) is 45.3 Å². The van der Waals surface area contributed by atoms with E-state index in [-0.39, 0.29) is 24.2 Å². The molecule has 1 aromatic heterocycles. The maximum absolute atomic E-state index is 11.6. The molecule has 1 fully saturated rings. The number of nitrogens with one attached hydrogen (secondary N) is 1. The van der Waals surface area contributed by atoms with Crippen LogP contribution in [0.5, 0.6) is 0 Å². The second kappa shape index (κ2) is 7.01. The molecule has 1 aliphatic heterocycles. The molecule has 1 aromatic carbocycles. The molecule has 136 valence electrons. The van der Waals surface area contributed by atoms with E-state index in [2.05, 4.69) is 28.7 Å². The van der Waals surface area contributed by atoms with Gasteiger partial charge in [0, 0.05) is 27.2 Å². The van der Waals surface area contributed by atoms with E-state index < -0.39 is 0 Å². The average molecular weight is 346 g/mol. The monoisotopic (exact) mass is 346 g/mol. The third kappa shape index (κ3) is 4.29. The molecule has 0 aliphatic carbocycles. The highest BCUT2D eigenvalue weighted by molar-refractivity contribution is 5.77. The molecule has 7 heteroatoms. The van der Waals surface area contributed by atoms with Crippen molar-refractivity contribution < 1.29 is 14.3 Å². The number of imidazole rings is 1. The van der Waals surface area contributed by atoms with Crippen LogP contribution >= 0.6 is 0 Å². The Morgan fingerprint density at radius 3 is 2.92 bits per heavy atom. The molecule has 1 amide bonds. The van der Waals surface area contributed by atoms with E-state index in [1.54, 1.807) is 14.1 Å². The summed E-state index contributed by atoms with van der Waals surface area (Å²) >= 11 is 0. The van der Waals surface area contributed by atoms with Crippen molar-refractivity contribution >= 4 is 22.9 Å². The number of hydrogen-bond donors (Lipinski definition) is 1. The quantitative estimate of drug-likeness (QED) is 0.891. The number of hydrogen-bond acceptors (Lipinski definition) is 5. The number of nitrogens with zero attached hydrogens (tertiary/aromatic N) is 3. The van der Waals surface area contributed by atoms with Gasteiger partial charge in [0.15, 0.2) is 0 Å². The van der Waals surface area contributed by atoms with Crippen LogP contribution in [-0.2, 0) is 14.3 Å². The minimum Gasteiger partial charge on any atom is -0.369 e. The third-order valence-corrected chi connectivity index (χ3v) is 4.19. The molecular formula is C18H26N4O3. The largest absolute Gasteiger partial charge is 0.369 e. The van der Waals surface area contributed by atoms with E-state index in [0.717, 1.165) is 23.5 Å². The Balaban J connectivity index is 1.67. The Bertz CT molecular complexity index is 708. The van der Waals surface area contributed by atoms with Crippen LogP contribution in [0.1, 0.15) is 13.8 Å². The molecule has 7 nitrogen and oxygen atoms in total. The Labute approximate surface area is 147 Å². The highest BCUT2D eigenvalue weighted by Crippen LogP contribution is 2.26. The van der Waals surface area contributed by atoms with Gasteiger partial charge in [-0.05, 0) is 26.0 Å². The third-order valence-electron chi connectivity index (χ3n) is 4.19. The van der Waals surface area contributed by atoms with E-state index in [1.165, 1.54) is 4.90 Å². The fourth-order valence-electron chi connectivity index (χ4n) is 3.04. The van der Waals surface area contributed by atoms with Gasteiger partial charge < -0.3 is 24.3 Å². The van der Waals surface area contributed by atoms with Gasteiger partial charge in [-0.1, -0.05) is 12.1 Å². The number of benzene rings is 1. The zero-order chi connectivity index (χ0) is 18.0. The number of rotatable bonds is 5. The minimum atomic E-state index is -0.323. The summed E-state index contributed by atoms with van der Waals surface area (Å²) in [4.78, 5) is 23.4. The first-order valence-electron chi connectivity index (χ1n) is 8.49. The predicted octanol–water partition coefficient (Wildman–Crippen LogP) is 1.65. The molecule has 1 atom stereocenters. The van der Waals surface area contributed by atoms with Crippen molar-refractivity contribution in [1.29, 1.82) is 0 Å². The van der Waals surface area contributed by atoms with Crippen LogP contribution in [0.25, 0.3) is 11.0 Å². The number of carbonyl (C=O) groups is 1. The molecule has 2 aromatic rings. The maximum Gasteiger partial charge on any atom is 0.248 e. The van der Waals surface area contributed by atoms with Crippen LogP contribution in [0.4, 0.5) is 5.95 Å². The molecule has 1 unspecified atom stereocenters. The lowest BCUT2D eigenvalue weighted by Crippen LogP contribution is -2.54. The van der Waals surface area contributed by atoms with Gasteiger partial charge in [0.2, 0.25) is 11.9 Å². The standard InChI is InChI=1S/C18H26N4O3/c1-18(2)12-22(17-19-14-7-5-6-8-15(14)20-17)9-13(25-18)10-24-11-16(23)21(3)4/h5-8,13H,9-12H2,1-4H3,(H,19,20). The van der Waals surface area contributed by atoms with Crippen LogP contribution in [0.3, 0.4) is 0 Å². The van der Waals surface area contributed by atoms with Crippen LogP contribution in [-0.4, -0.2) is 72.9 Å². The summed E-state index contributed by atoms with van der Waals surface area (Å²) in [5, 5.41) is 0. The number of carbonyl (C=O) groups excluding carboxylic acids is 1. The number of likely N-dealkylation sites (N-methyl/N-ethyl adjacent to an activating group) is 1. The molecule has 0 bridgehead atoms. The molecule has 1 aliphatic rings. The van der Waals surface area contributed by atoms with Crippen molar-refractivity contribution in [3.8, 4) is 0 Å². The molecule has 3 rings (SSSR count). The van der Waals surface area contributed by atoms with Gasteiger partial charge in [-0.3, -0.25) is 4.79 Å². The van der Waals surface area contributed by atoms with Gasteiger partial charge in [0.1, 0.15) is 6.61 Å². The number of para-hydroxylation sites is 2. The molecule has 0 spiro atoms. The van der Waals surface area contributed by atoms with Gasteiger partial charge in [0.25, 0.3) is 0 Å². The topological polar surface area (TPSA) is 70.7 Å². The molecule has 1 saturated heterocycles. The number of aromatic nitrogens is 2. The number of anilines is 1. The van der Waals surface area contributed by atoms with Gasteiger partial charge in [-0.25, -0.2) is 4.98 Å². The summed E-state index contributed by atoms with van der Waals surface area (Å²) in [5.74, 6) is 0.788. The SMILES string of the molecule is CN(C)C(=O)COCC1CN(c2nc3ccccc3[nH]2)CC(C)(C)O1. The zero-order valence-electron chi connectivity index (χ0n) is 15.3. The first-order chi connectivity index (χ1) is 11.8. The lowest BCUT2D eigenvalue weighted by atomic mass is 10.1. The zero-order valence-corrected chi connectivity index (χ0v) is 15.3. The lowest BCUT2D eigenvalue weighted by molar-refractivity contribution is -0.139. The van der Waals surface area contributed by atoms with Crippen LogP contribution in [0.15, 0.2) is 24.3 Å². The highest BCUT2D eigenvalue weighted by atomic mass is 16.6. The number of aromatic amines is 1. The minimum absolute atomic E-state index is 0.0517. The van der Waals surface area contributed by atoms with E-state index in [1.807, 2.05) is 24.3 Å². The van der Waals surface area contributed by atoms with Crippen LogP contribution in [0, 0.1) is 0 Å². The van der Waals surface area contributed by atoms with Crippen molar-refractivity contribution in [3.63, 3.8) is 0 Å². The Kier molecular flexibility index (Phi) is 4.96. The average Bonchev–Trinajstić information content (AvgIpc) is 2.97. The first kappa shape index (κ1) is 17.7. The normalized spacial score (nSPS) is 20.0. The molecule has 2 heterocycles. The van der Waals surface area contributed by atoms with Gasteiger partial charge in [0.05, 0.1) is 29.3 Å². The smallest absolute Gasteiger partial charge is 0.248 e. The fraction of sp³-hybridized carbons (Fsp3) is 0.556. The van der Waals surface area contributed by atoms with Crippen molar-refractivity contribution in [2.45, 2.75) is 25.6 Å². The maximum atomic E-state index is 11.6. The fourth-order valence-corrected chi connectivity index (χ4v) is 3.04. The van der Waals surface area contributed by atoms with E-state index in [4.69, 9.17) is 9.47 Å². The van der Waals surface area contributed by atoms with Crippen LogP contribution in [0.2, 0.25) is 0 Å². The molecular weight excluding hydrogens is 320 g/mol. The first-order valence-corrected chi connectivity index (χ1v) is 8.49.